The number of fused-ring (bicyclic) bond motifs is 2. The summed E-state index contributed by atoms with van der Waals surface area (Å²) < 4.78 is 5.32. The lowest BCUT2D eigenvalue weighted by atomic mass is 9.84. The van der Waals surface area contributed by atoms with Gasteiger partial charge in [-0.05, 0) is 43.2 Å². The van der Waals surface area contributed by atoms with E-state index in [1.165, 1.54) is 0 Å². The molecule has 1 aromatic carbocycles. The van der Waals surface area contributed by atoms with Gasteiger partial charge >= 0.3 is 5.97 Å². The Morgan fingerprint density at radius 1 is 1.32 bits per heavy atom. The number of nitrogens with zero attached hydrogens (tertiary/aromatic N) is 1. The predicted molar refractivity (Wildman–Crippen MR) is 96.5 cm³/mol. The molecule has 1 aliphatic carbocycles. The molecule has 0 aliphatic heterocycles. The Balaban J connectivity index is 1.92. The number of carbonyl (C=O) groups is 2. The van der Waals surface area contributed by atoms with Gasteiger partial charge in [-0.2, -0.15) is 0 Å². The molecule has 0 radical (unpaired) electrons. The van der Waals surface area contributed by atoms with Crippen LogP contribution in [0.25, 0.3) is 10.9 Å². The van der Waals surface area contributed by atoms with Crippen LogP contribution in [0.15, 0.2) is 24.3 Å². The van der Waals surface area contributed by atoms with Crippen molar-refractivity contribution in [3.05, 3.63) is 41.1 Å². The van der Waals surface area contributed by atoms with Gasteiger partial charge in [-0.15, -0.1) is 0 Å². The lowest BCUT2D eigenvalue weighted by molar-refractivity contribution is -0.124. The fourth-order valence-electron chi connectivity index (χ4n) is 3.31. The van der Waals surface area contributed by atoms with Crippen LogP contribution in [-0.4, -0.2) is 30.0 Å². The first-order chi connectivity index (χ1) is 12.1. The Morgan fingerprint density at radius 3 is 2.92 bits per heavy atom. The minimum Gasteiger partial charge on any atom is -0.452 e. The van der Waals surface area contributed by atoms with Crippen molar-refractivity contribution in [2.24, 2.45) is 5.92 Å². The average Bonchev–Trinajstić information content (AvgIpc) is 2.62. The minimum absolute atomic E-state index is 0.250. The van der Waals surface area contributed by atoms with Crippen LogP contribution in [0.4, 0.5) is 0 Å². The van der Waals surface area contributed by atoms with E-state index >= 15 is 0 Å². The number of aryl methyl sites for hydroxylation is 1. The average molecular weight is 340 g/mol. The van der Waals surface area contributed by atoms with Crippen LogP contribution in [0.2, 0.25) is 0 Å². The molecule has 5 heteroatoms. The molecule has 1 atom stereocenters. The summed E-state index contributed by atoms with van der Waals surface area (Å²) in [6, 6.07) is 7.63. The van der Waals surface area contributed by atoms with E-state index in [9.17, 15) is 9.59 Å². The Bertz CT molecular complexity index is 801. The van der Waals surface area contributed by atoms with Crippen molar-refractivity contribution in [1.29, 1.82) is 0 Å². The van der Waals surface area contributed by atoms with Gasteiger partial charge in [0.25, 0.3) is 5.91 Å². The summed E-state index contributed by atoms with van der Waals surface area (Å²) in [7, 11) is 0. The van der Waals surface area contributed by atoms with Gasteiger partial charge < -0.3 is 10.1 Å². The molecule has 25 heavy (non-hydrogen) atoms. The number of amides is 1. The number of ether oxygens (including phenoxy) is 1. The van der Waals surface area contributed by atoms with Crippen LogP contribution >= 0.6 is 0 Å². The number of rotatable bonds is 5. The summed E-state index contributed by atoms with van der Waals surface area (Å²) in [5, 5.41) is 3.52. The van der Waals surface area contributed by atoms with Gasteiger partial charge in [-0.25, -0.2) is 4.79 Å². The quantitative estimate of drug-likeness (QED) is 0.850. The van der Waals surface area contributed by atoms with Gasteiger partial charge in [0.2, 0.25) is 0 Å². The van der Waals surface area contributed by atoms with Gasteiger partial charge in [0.05, 0.1) is 11.1 Å². The smallest absolute Gasteiger partial charge is 0.339 e. The number of pyridine rings is 1. The molecule has 1 amide bonds. The zero-order valence-electron chi connectivity index (χ0n) is 14.8. The van der Waals surface area contributed by atoms with Gasteiger partial charge in [0, 0.05) is 17.6 Å². The number of hydrogen-bond acceptors (Lipinski definition) is 4. The molecular formula is C20H24N2O3. The largest absolute Gasteiger partial charge is 0.452 e. The monoisotopic (exact) mass is 340 g/mol. The highest BCUT2D eigenvalue weighted by atomic mass is 16.5. The van der Waals surface area contributed by atoms with Crippen LogP contribution < -0.4 is 5.32 Å². The Hall–Kier alpha value is -2.43. The Labute approximate surface area is 147 Å². The van der Waals surface area contributed by atoms with E-state index in [2.05, 4.69) is 12.2 Å². The van der Waals surface area contributed by atoms with E-state index < -0.39 is 5.97 Å². The van der Waals surface area contributed by atoms with E-state index in [1.54, 1.807) is 0 Å². The lowest BCUT2D eigenvalue weighted by Gasteiger charge is -2.24. The molecule has 0 spiro atoms. The zero-order chi connectivity index (χ0) is 17.8. The minimum atomic E-state index is -0.435. The fraction of sp³-hybridized carbons (Fsp3) is 0.450. The zero-order valence-corrected chi connectivity index (χ0v) is 14.8. The molecule has 132 valence electrons. The molecule has 0 fully saturated rings. The topological polar surface area (TPSA) is 68.3 Å². The molecule has 1 aromatic heterocycles. The highest BCUT2D eigenvalue weighted by Gasteiger charge is 2.26. The molecule has 1 N–H and O–H groups in total. The Kier molecular flexibility index (Phi) is 5.31. The predicted octanol–water partition coefficient (Wildman–Crippen LogP) is 3.04. The van der Waals surface area contributed by atoms with Crippen LogP contribution in [-0.2, 0) is 22.4 Å². The third-order valence-electron chi connectivity index (χ3n) is 4.62. The van der Waals surface area contributed by atoms with Crippen LogP contribution in [0.5, 0.6) is 0 Å². The third kappa shape index (κ3) is 3.81. The van der Waals surface area contributed by atoms with E-state index in [-0.39, 0.29) is 12.5 Å². The molecule has 1 heterocycles. The van der Waals surface area contributed by atoms with Crippen LogP contribution in [0, 0.1) is 5.92 Å². The maximum absolute atomic E-state index is 12.8. The molecule has 0 saturated heterocycles. The summed E-state index contributed by atoms with van der Waals surface area (Å²) in [5.41, 5.74) is 3.35. The van der Waals surface area contributed by atoms with E-state index in [4.69, 9.17) is 9.72 Å². The molecule has 2 aromatic rings. The lowest BCUT2D eigenvalue weighted by Crippen LogP contribution is -2.29. The van der Waals surface area contributed by atoms with Crippen LogP contribution in [0.1, 0.15) is 48.3 Å². The second kappa shape index (κ2) is 7.64. The molecule has 0 bridgehead atoms. The van der Waals surface area contributed by atoms with Crippen molar-refractivity contribution >= 4 is 22.8 Å². The van der Waals surface area contributed by atoms with Crippen molar-refractivity contribution in [1.82, 2.24) is 10.3 Å². The van der Waals surface area contributed by atoms with Gasteiger partial charge in [-0.1, -0.05) is 32.0 Å². The van der Waals surface area contributed by atoms with Crippen molar-refractivity contribution < 1.29 is 14.3 Å². The number of carbonyl (C=O) groups excluding carboxylic acids is 2. The van der Waals surface area contributed by atoms with E-state index in [0.29, 0.717) is 18.0 Å². The first-order valence-electron chi connectivity index (χ1n) is 8.94. The second-order valence-corrected chi connectivity index (χ2v) is 6.70. The molecule has 0 saturated carbocycles. The molecular weight excluding hydrogens is 316 g/mol. The standard InChI is InChI=1S/C20H24N2O3/c1-3-10-21-18(23)12-25-20(24)19-14-6-4-5-7-16(14)22-17-9-8-13(2)11-15(17)19/h4-7,13H,3,8-12H2,1-2H3,(H,21,23)/t13-/m0/s1. The summed E-state index contributed by atoms with van der Waals surface area (Å²) in [5.74, 6) is -0.193. The van der Waals surface area contributed by atoms with Crippen molar-refractivity contribution in [3.63, 3.8) is 0 Å². The maximum Gasteiger partial charge on any atom is 0.339 e. The normalized spacial score (nSPS) is 16.3. The molecule has 1 aliphatic rings. The third-order valence-corrected chi connectivity index (χ3v) is 4.62. The van der Waals surface area contributed by atoms with Gasteiger partial charge in [0.15, 0.2) is 6.61 Å². The SMILES string of the molecule is CCCNC(=O)COC(=O)c1c2c(nc3ccccc13)CC[C@H](C)C2. The number of benzene rings is 1. The summed E-state index contributed by atoms with van der Waals surface area (Å²) in [6.07, 6.45) is 3.62. The maximum atomic E-state index is 12.8. The van der Waals surface area contributed by atoms with E-state index in [1.807, 2.05) is 31.2 Å². The number of nitrogens with one attached hydrogen (secondary N) is 1. The van der Waals surface area contributed by atoms with Crippen LogP contribution in [0.3, 0.4) is 0 Å². The first kappa shape index (κ1) is 17.4. The number of para-hydroxylation sites is 1. The molecule has 0 unspecified atom stereocenters. The second-order valence-electron chi connectivity index (χ2n) is 6.70. The Morgan fingerprint density at radius 2 is 2.12 bits per heavy atom. The van der Waals surface area contributed by atoms with Crippen molar-refractivity contribution in [2.75, 3.05) is 13.2 Å². The van der Waals surface area contributed by atoms with Gasteiger partial charge in [0.1, 0.15) is 0 Å². The first-order valence-corrected chi connectivity index (χ1v) is 8.94. The number of hydrogen-bond donors (Lipinski definition) is 1. The number of esters is 1. The fourth-order valence-corrected chi connectivity index (χ4v) is 3.31. The highest BCUT2D eigenvalue weighted by Crippen LogP contribution is 2.31. The van der Waals surface area contributed by atoms with Crippen molar-refractivity contribution in [3.8, 4) is 0 Å². The molecule has 5 nitrogen and oxygen atoms in total. The summed E-state index contributed by atoms with van der Waals surface area (Å²) in [4.78, 5) is 29.3. The van der Waals surface area contributed by atoms with Gasteiger partial charge in [-0.3, -0.25) is 9.78 Å². The summed E-state index contributed by atoms with van der Waals surface area (Å²) >= 11 is 0. The van der Waals surface area contributed by atoms with Crippen molar-refractivity contribution in [2.45, 2.75) is 39.5 Å². The summed E-state index contributed by atoms with van der Waals surface area (Å²) in [6.45, 7) is 4.50. The number of aromatic nitrogens is 1. The van der Waals surface area contributed by atoms with E-state index in [0.717, 1.165) is 47.8 Å². The highest BCUT2D eigenvalue weighted by molar-refractivity contribution is 6.05. The molecule has 3 rings (SSSR count).